The van der Waals surface area contributed by atoms with E-state index in [-0.39, 0.29) is 0 Å². The lowest BCUT2D eigenvalue weighted by molar-refractivity contribution is 0.400. The first-order chi connectivity index (χ1) is 16.1. The molecule has 164 valence electrons. The minimum atomic E-state index is 0.592. The first-order valence-electron chi connectivity index (χ1n) is 10.8. The van der Waals surface area contributed by atoms with Crippen LogP contribution in [0.5, 0.6) is 5.88 Å². The molecule has 1 aromatic heterocycles. The van der Waals surface area contributed by atoms with E-state index in [9.17, 15) is 0 Å². The summed E-state index contributed by atoms with van der Waals surface area (Å²) in [5.74, 6) is 0.592. The number of aryl methyl sites for hydroxylation is 1. The van der Waals surface area contributed by atoms with Crippen molar-refractivity contribution in [1.29, 1.82) is 0 Å². The topological polar surface area (TPSA) is 37.7 Å². The van der Waals surface area contributed by atoms with Crippen LogP contribution in [0.3, 0.4) is 0 Å². The smallest absolute Gasteiger partial charge is 0.214 e. The van der Waals surface area contributed by atoms with Gasteiger partial charge >= 0.3 is 0 Å². The molecule has 0 amide bonds. The Morgan fingerprint density at radius 3 is 2.58 bits per heavy atom. The molecule has 0 bridgehead atoms. The SMILES string of the molecule is C=CN=CN(Cc1ccccc1)C(=C)c1ccc2nc(OC)cc(-c3cccc(C)c3)c2c1. The van der Waals surface area contributed by atoms with Gasteiger partial charge in [-0.15, -0.1) is 0 Å². The lowest BCUT2D eigenvalue weighted by Crippen LogP contribution is -2.19. The number of benzene rings is 3. The van der Waals surface area contributed by atoms with Gasteiger partial charge in [0.05, 0.1) is 19.0 Å². The van der Waals surface area contributed by atoms with Crippen LogP contribution in [0.15, 0.2) is 103 Å². The van der Waals surface area contributed by atoms with E-state index < -0.39 is 0 Å². The fourth-order valence-corrected chi connectivity index (χ4v) is 3.82. The molecule has 0 unspecified atom stereocenters. The molecule has 0 radical (unpaired) electrons. The van der Waals surface area contributed by atoms with Crippen LogP contribution in [0.4, 0.5) is 0 Å². The van der Waals surface area contributed by atoms with E-state index in [1.165, 1.54) is 17.3 Å². The highest BCUT2D eigenvalue weighted by Crippen LogP contribution is 2.33. The summed E-state index contributed by atoms with van der Waals surface area (Å²) >= 11 is 0. The number of nitrogens with zero attached hydrogens (tertiary/aromatic N) is 3. The van der Waals surface area contributed by atoms with Crippen LogP contribution in [-0.2, 0) is 6.54 Å². The van der Waals surface area contributed by atoms with Crippen LogP contribution in [-0.4, -0.2) is 23.3 Å². The highest BCUT2D eigenvalue weighted by Gasteiger charge is 2.14. The first kappa shape index (κ1) is 22.0. The molecule has 0 N–H and O–H groups in total. The number of hydrogen-bond acceptors (Lipinski definition) is 3. The predicted octanol–water partition coefficient (Wildman–Crippen LogP) is 6.86. The average Bonchev–Trinajstić information content (AvgIpc) is 2.85. The maximum atomic E-state index is 5.48. The van der Waals surface area contributed by atoms with Crippen molar-refractivity contribution in [3.05, 3.63) is 115 Å². The Kier molecular flexibility index (Phi) is 6.65. The fourth-order valence-electron chi connectivity index (χ4n) is 3.82. The van der Waals surface area contributed by atoms with Crippen molar-refractivity contribution >= 4 is 22.9 Å². The van der Waals surface area contributed by atoms with Crippen LogP contribution >= 0.6 is 0 Å². The van der Waals surface area contributed by atoms with E-state index in [0.29, 0.717) is 12.4 Å². The summed E-state index contributed by atoms with van der Waals surface area (Å²) in [6.45, 7) is 10.8. The van der Waals surface area contributed by atoms with Gasteiger partial charge in [0.2, 0.25) is 5.88 Å². The quantitative estimate of drug-likeness (QED) is 0.225. The zero-order valence-electron chi connectivity index (χ0n) is 19.0. The summed E-state index contributed by atoms with van der Waals surface area (Å²) in [6.07, 6.45) is 3.29. The van der Waals surface area contributed by atoms with E-state index in [0.717, 1.165) is 33.3 Å². The number of fused-ring (bicyclic) bond motifs is 1. The second-order valence-corrected chi connectivity index (χ2v) is 7.82. The van der Waals surface area contributed by atoms with Crippen molar-refractivity contribution in [2.75, 3.05) is 7.11 Å². The third-order valence-electron chi connectivity index (χ3n) is 5.51. The maximum absolute atomic E-state index is 5.48. The van der Waals surface area contributed by atoms with Gasteiger partial charge in [-0.2, -0.15) is 0 Å². The molecule has 0 spiro atoms. The van der Waals surface area contributed by atoms with Crippen LogP contribution < -0.4 is 4.74 Å². The molecule has 4 nitrogen and oxygen atoms in total. The van der Waals surface area contributed by atoms with Crippen LogP contribution in [0.2, 0.25) is 0 Å². The Hall–Kier alpha value is -4.18. The fraction of sp³-hybridized carbons (Fsp3) is 0.103. The summed E-state index contributed by atoms with van der Waals surface area (Å²) in [5.41, 5.74) is 7.28. The average molecular weight is 434 g/mol. The van der Waals surface area contributed by atoms with Crippen LogP contribution in [0, 0.1) is 6.92 Å². The van der Waals surface area contributed by atoms with Crippen LogP contribution in [0.1, 0.15) is 16.7 Å². The van der Waals surface area contributed by atoms with Gasteiger partial charge in [-0.1, -0.05) is 79.4 Å². The molecule has 0 saturated carbocycles. The van der Waals surface area contributed by atoms with E-state index in [1.54, 1.807) is 13.4 Å². The highest BCUT2D eigenvalue weighted by atomic mass is 16.5. The van der Waals surface area contributed by atoms with Crippen molar-refractivity contribution in [3.8, 4) is 17.0 Å². The van der Waals surface area contributed by atoms with Gasteiger partial charge in [0, 0.05) is 29.9 Å². The van der Waals surface area contributed by atoms with Gasteiger partial charge in [-0.3, -0.25) is 0 Å². The Morgan fingerprint density at radius 2 is 1.85 bits per heavy atom. The number of rotatable bonds is 8. The maximum Gasteiger partial charge on any atom is 0.214 e. The van der Waals surface area contributed by atoms with E-state index in [2.05, 4.69) is 72.5 Å². The Bertz CT molecular complexity index is 1330. The molecule has 0 saturated heterocycles. The molecule has 4 heteroatoms. The number of methoxy groups -OCH3 is 1. The normalized spacial score (nSPS) is 11.0. The van der Waals surface area contributed by atoms with Crippen molar-refractivity contribution in [2.45, 2.75) is 13.5 Å². The lowest BCUT2D eigenvalue weighted by Gasteiger charge is -2.23. The second-order valence-electron chi connectivity index (χ2n) is 7.82. The van der Waals surface area contributed by atoms with Gasteiger partial charge in [-0.25, -0.2) is 9.98 Å². The third-order valence-corrected chi connectivity index (χ3v) is 5.51. The zero-order valence-corrected chi connectivity index (χ0v) is 19.0. The largest absolute Gasteiger partial charge is 0.481 e. The van der Waals surface area contributed by atoms with Gasteiger partial charge in [0.25, 0.3) is 0 Å². The standard InChI is InChI=1S/C29H27N3O/c1-5-30-20-32(19-23-11-7-6-8-12-23)22(3)24-14-15-28-27(17-24)26(18-29(31-28)33-4)25-13-9-10-21(2)16-25/h5-18,20H,1,3,19H2,2,4H3. The van der Waals surface area contributed by atoms with Crippen molar-refractivity contribution in [3.63, 3.8) is 0 Å². The Morgan fingerprint density at radius 1 is 1.03 bits per heavy atom. The van der Waals surface area contributed by atoms with Gasteiger partial charge < -0.3 is 9.64 Å². The van der Waals surface area contributed by atoms with Crippen molar-refractivity contribution in [2.24, 2.45) is 4.99 Å². The minimum Gasteiger partial charge on any atom is -0.481 e. The zero-order chi connectivity index (χ0) is 23.2. The lowest BCUT2D eigenvalue weighted by atomic mass is 9.97. The van der Waals surface area contributed by atoms with Gasteiger partial charge in [0.15, 0.2) is 0 Å². The third kappa shape index (κ3) is 5.01. The van der Waals surface area contributed by atoms with E-state index in [4.69, 9.17) is 4.74 Å². The second kappa shape index (κ2) is 9.96. The number of aliphatic imine (C=N–C) groups is 1. The molecule has 4 rings (SSSR count). The van der Waals surface area contributed by atoms with Crippen molar-refractivity contribution in [1.82, 2.24) is 9.88 Å². The summed E-state index contributed by atoms with van der Waals surface area (Å²) in [6, 6.07) is 26.9. The first-order valence-corrected chi connectivity index (χ1v) is 10.8. The number of hydrogen-bond donors (Lipinski definition) is 0. The summed E-state index contributed by atoms with van der Waals surface area (Å²) in [5, 5.41) is 1.04. The molecule has 0 aliphatic carbocycles. The monoisotopic (exact) mass is 433 g/mol. The molecule has 0 atom stereocenters. The van der Waals surface area contributed by atoms with Crippen molar-refractivity contribution < 1.29 is 4.74 Å². The number of pyridine rings is 1. The predicted molar refractivity (Wildman–Crippen MR) is 138 cm³/mol. The summed E-state index contributed by atoms with van der Waals surface area (Å²) in [4.78, 5) is 10.9. The highest BCUT2D eigenvalue weighted by molar-refractivity contribution is 5.97. The van der Waals surface area contributed by atoms with E-state index in [1.807, 2.05) is 41.3 Å². The molecule has 4 aromatic rings. The Labute approximate surface area is 195 Å². The molecule has 0 fully saturated rings. The molecule has 1 heterocycles. The van der Waals surface area contributed by atoms with Crippen LogP contribution in [0.25, 0.3) is 27.7 Å². The molecule has 3 aromatic carbocycles. The summed E-state index contributed by atoms with van der Waals surface area (Å²) < 4.78 is 5.48. The Balaban J connectivity index is 1.80. The molecule has 33 heavy (non-hydrogen) atoms. The van der Waals surface area contributed by atoms with Gasteiger partial charge in [0.1, 0.15) is 0 Å². The number of aromatic nitrogens is 1. The summed E-state index contributed by atoms with van der Waals surface area (Å²) in [7, 11) is 1.64. The molecular weight excluding hydrogens is 406 g/mol. The minimum absolute atomic E-state index is 0.592. The van der Waals surface area contributed by atoms with Gasteiger partial charge in [-0.05, 0) is 41.3 Å². The number of ether oxygens (including phenoxy) is 1. The molecule has 0 aliphatic heterocycles. The molecular formula is C29H27N3O. The van der Waals surface area contributed by atoms with E-state index >= 15 is 0 Å². The molecule has 0 aliphatic rings.